The molecule has 0 aromatic heterocycles. The molecule has 0 bridgehead atoms. The fourth-order valence-corrected chi connectivity index (χ4v) is 2.43. The molecular weight excluding hydrogens is 298 g/mol. The second-order valence-corrected chi connectivity index (χ2v) is 6.67. The van der Waals surface area contributed by atoms with Gasteiger partial charge < -0.3 is 5.32 Å². The fourth-order valence-electron chi connectivity index (χ4n) is 1.76. The standard InChI is InChI=1S/C17H15NO3S/c1-22(20,21)16-11-5-10-15(13-16)17(19)18-12-6-9-14-7-3-2-4-8-14/h2-5,7-8,10-11,13H,12H2,1H3,(H,18,19). The molecule has 0 spiro atoms. The second kappa shape index (κ2) is 6.92. The SMILES string of the molecule is CS(=O)(=O)c1cccc(C(=O)NCC#Cc2ccccc2)c1. The Labute approximate surface area is 130 Å². The van der Waals surface area contributed by atoms with E-state index in [2.05, 4.69) is 17.2 Å². The zero-order valence-corrected chi connectivity index (χ0v) is 12.9. The Kier molecular flexibility index (Phi) is 4.97. The minimum Gasteiger partial charge on any atom is -0.341 e. The van der Waals surface area contributed by atoms with E-state index >= 15 is 0 Å². The molecule has 0 heterocycles. The van der Waals surface area contributed by atoms with Crippen molar-refractivity contribution in [1.82, 2.24) is 5.32 Å². The number of carbonyl (C=O) groups is 1. The summed E-state index contributed by atoms with van der Waals surface area (Å²) in [6, 6.07) is 15.4. The number of amides is 1. The molecule has 2 rings (SSSR count). The van der Waals surface area contributed by atoms with Crippen LogP contribution in [0.5, 0.6) is 0 Å². The van der Waals surface area contributed by atoms with Crippen molar-refractivity contribution in [1.29, 1.82) is 0 Å². The van der Waals surface area contributed by atoms with Crippen LogP contribution in [0.2, 0.25) is 0 Å². The van der Waals surface area contributed by atoms with Crippen molar-refractivity contribution in [2.75, 3.05) is 12.8 Å². The van der Waals surface area contributed by atoms with Gasteiger partial charge in [0.1, 0.15) is 0 Å². The molecule has 2 aromatic carbocycles. The molecule has 0 fully saturated rings. The van der Waals surface area contributed by atoms with E-state index in [1.165, 1.54) is 12.1 Å². The quantitative estimate of drug-likeness (QED) is 0.880. The summed E-state index contributed by atoms with van der Waals surface area (Å²) in [4.78, 5) is 12.1. The first-order chi connectivity index (χ1) is 10.5. The Morgan fingerprint density at radius 3 is 2.50 bits per heavy atom. The van der Waals surface area contributed by atoms with Crippen LogP contribution in [0.4, 0.5) is 0 Å². The molecule has 1 amide bonds. The van der Waals surface area contributed by atoms with E-state index < -0.39 is 9.84 Å². The highest BCUT2D eigenvalue weighted by molar-refractivity contribution is 7.90. The third-order valence-electron chi connectivity index (χ3n) is 2.87. The van der Waals surface area contributed by atoms with E-state index in [4.69, 9.17) is 0 Å². The number of nitrogens with one attached hydrogen (secondary N) is 1. The van der Waals surface area contributed by atoms with E-state index in [1.807, 2.05) is 30.3 Å². The molecule has 5 heteroatoms. The molecule has 0 atom stereocenters. The summed E-state index contributed by atoms with van der Waals surface area (Å²) < 4.78 is 22.9. The summed E-state index contributed by atoms with van der Waals surface area (Å²) in [5, 5.41) is 2.64. The summed E-state index contributed by atoms with van der Waals surface area (Å²) in [5.74, 6) is 5.42. The Morgan fingerprint density at radius 2 is 1.82 bits per heavy atom. The van der Waals surface area contributed by atoms with Crippen LogP contribution in [0.25, 0.3) is 0 Å². The maximum atomic E-state index is 12.0. The number of hydrogen-bond donors (Lipinski definition) is 1. The molecule has 0 aliphatic carbocycles. The smallest absolute Gasteiger partial charge is 0.252 e. The highest BCUT2D eigenvalue weighted by atomic mass is 32.2. The van der Waals surface area contributed by atoms with Crippen molar-refractivity contribution in [3.05, 3.63) is 65.7 Å². The molecule has 22 heavy (non-hydrogen) atoms. The summed E-state index contributed by atoms with van der Waals surface area (Å²) >= 11 is 0. The van der Waals surface area contributed by atoms with E-state index in [9.17, 15) is 13.2 Å². The number of hydrogen-bond acceptors (Lipinski definition) is 3. The number of benzene rings is 2. The van der Waals surface area contributed by atoms with Crippen molar-refractivity contribution in [2.24, 2.45) is 0 Å². The van der Waals surface area contributed by atoms with Gasteiger partial charge >= 0.3 is 0 Å². The lowest BCUT2D eigenvalue weighted by Crippen LogP contribution is -2.23. The Hall–Kier alpha value is -2.58. The first-order valence-electron chi connectivity index (χ1n) is 6.59. The lowest BCUT2D eigenvalue weighted by Gasteiger charge is -2.03. The molecule has 1 N–H and O–H groups in total. The van der Waals surface area contributed by atoms with Crippen LogP contribution in [0.3, 0.4) is 0 Å². The van der Waals surface area contributed by atoms with Crippen molar-refractivity contribution < 1.29 is 13.2 Å². The van der Waals surface area contributed by atoms with Crippen LogP contribution in [-0.4, -0.2) is 27.1 Å². The maximum absolute atomic E-state index is 12.0. The Bertz CT molecular complexity index is 831. The minimum absolute atomic E-state index is 0.121. The topological polar surface area (TPSA) is 63.2 Å². The monoisotopic (exact) mass is 313 g/mol. The molecule has 0 saturated carbocycles. The highest BCUT2D eigenvalue weighted by Gasteiger charge is 2.10. The summed E-state index contributed by atoms with van der Waals surface area (Å²) in [6.07, 6.45) is 1.11. The second-order valence-electron chi connectivity index (χ2n) is 4.65. The van der Waals surface area contributed by atoms with Crippen molar-refractivity contribution >= 4 is 15.7 Å². The summed E-state index contributed by atoms with van der Waals surface area (Å²) in [7, 11) is -3.33. The maximum Gasteiger partial charge on any atom is 0.252 e. The van der Waals surface area contributed by atoms with Gasteiger partial charge in [0.2, 0.25) is 0 Å². The van der Waals surface area contributed by atoms with Gasteiger partial charge in [0.15, 0.2) is 9.84 Å². The lowest BCUT2D eigenvalue weighted by atomic mass is 10.2. The van der Waals surface area contributed by atoms with Crippen LogP contribution in [0.15, 0.2) is 59.5 Å². The predicted molar refractivity (Wildman–Crippen MR) is 85.2 cm³/mol. The van der Waals surface area contributed by atoms with E-state index in [0.29, 0.717) is 5.56 Å². The van der Waals surface area contributed by atoms with Gasteiger partial charge in [-0.25, -0.2) is 8.42 Å². The number of rotatable bonds is 3. The van der Waals surface area contributed by atoms with Crippen LogP contribution >= 0.6 is 0 Å². The van der Waals surface area contributed by atoms with Gasteiger partial charge in [0.05, 0.1) is 11.4 Å². The third kappa shape index (κ3) is 4.47. The largest absolute Gasteiger partial charge is 0.341 e. The summed E-state index contributed by atoms with van der Waals surface area (Å²) in [6.45, 7) is 0.191. The van der Waals surface area contributed by atoms with Crippen LogP contribution in [0.1, 0.15) is 15.9 Å². The van der Waals surface area contributed by atoms with E-state index in [0.717, 1.165) is 11.8 Å². The fraction of sp³-hybridized carbons (Fsp3) is 0.118. The highest BCUT2D eigenvalue weighted by Crippen LogP contribution is 2.11. The van der Waals surface area contributed by atoms with Gasteiger partial charge in [0, 0.05) is 17.4 Å². The Balaban J connectivity index is 2.00. The predicted octanol–water partition coefficient (Wildman–Crippen LogP) is 1.87. The van der Waals surface area contributed by atoms with E-state index in [-0.39, 0.29) is 17.3 Å². The zero-order valence-electron chi connectivity index (χ0n) is 12.0. The van der Waals surface area contributed by atoms with Gasteiger partial charge in [-0.05, 0) is 30.3 Å². The minimum atomic E-state index is -3.33. The Morgan fingerprint density at radius 1 is 1.09 bits per heavy atom. The first kappa shape index (κ1) is 15.8. The van der Waals surface area contributed by atoms with Gasteiger partial charge in [-0.3, -0.25) is 4.79 Å². The molecule has 0 aliphatic heterocycles. The molecule has 2 aromatic rings. The van der Waals surface area contributed by atoms with Gasteiger partial charge in [0.25, 0.3) is 5.91 Å². The third-order valence-corrected chi connectivity index (χ3v) is 3.98. The zero-order chi connectivity index (χ0) is 16.0. The first-order valence-corrected chi connectivity index (χ1v) is 8.48. The molecule has 0 aliphatic rings. The van der Waals surface area contributed by atoms with Crippen molar-refractivity contribution in [3.63, 3.8) is 0 Å². The van der Waals surface area contributed by atoms with Crippen molar-refractivity contribution in [3.8, 4) is 11.8 Å². The van der Waals surface area contributed by atoms with E-state index in [1.54, 1.807) is 12.1 Å². The molecular formula is C17H15NO3S. The van der Waals surface area contributed by atoms with Crippen LogP contribution in [-0.2, 0) is 9.84 Å². The average Bonchev–Trinajstić information content (AvgIpc) is 2.52. The molecule has 0 radical (unpaired) electrons. The number of sulfone groups is 1. The molecule has 112 valence electrons. The van der Waals surface area contributed by atoms with Gasteiger partial charge in [-0.1, -0.05) is 36.1 Å². The average molecular weight is 313 g/mol. The summed E-state index contributed by atoms with van der Waals surface area (Å²) in [5.41, 5.74) is 1.17. The number of carbonyl (C=O) groups excluding carboxylic acids is 1. The molecule has 0 unspecified atom stereocenters. The van der Waals surface area contributed by atoms with Crippen LogP contribution in [0, 0.1) is 11.8 Å². The van der Waals surface area contributed by atoms with Gasteiger partial charge in [-0.2, -0.15) is 0 Å². The lowest BCUT2D eigenvalue weighted by molar-refractivity contribution is 0.0958. The van der Waals surface area contributed by atoms with Crippen molar-refractivity contribution in [2.45, 2.75) is 4.90 Å². The van der Waals surface area contributed by atoms with Gasteiger partial charge in [-0.15, -0.1) is 0 Å². The molecule has 4 nitrogen and oxygen atoms in total. The van der Waals surface area contributed by atoms with Crippen LogP contribution < -0.4 is 5.32 Å². The normalized spacial score (nSPS) is 10.4. The molecule has 0 saturated heterocycles.